The van der Waals surface area contributed by atoms with Crippen molar-refractivity contribution in [1.82, 2.24) is 10.2 Å². The van der Waals surface area contributed by atoms with Gasteiger partial charge in [-0.3, -0.25) is 9.69 Å². The summed E-state index contributed by atoms with van der Waals surface area (Å²) in [6, 6.07) is 5.65. The van der Waals surface area contributed by atoms with Crippen LogP contribution >= 0.6 is 0 Å². The minimum Gasteiger partial charge on any atom is -0.493 e. The van der Waals surface area contributed by atoms with Crippen LogP contribution in [0.1, 0.15) is 12.0 Å². The van der Waals surface area contributed by atoms with Gasteiger partial charge in [0.05, 0.1) is 14.2 Å². The van der Waals surface area contributed by atoms with Crippen molar-refractivity contribution in [3.63, 3.8) is 0 Å². The molecule has 4 rings (SSSR count). The summed E-state index contributed by atoms with van der Waals surface area (Å²) in [4.78, 5) is 14.8. The molecule has 0 aliphatic carbocycles. The van der Waals surface area contributed by atoms with Crippen molar-refractivity contribution in [2.24, 2.45) is 0 Å². The third-order valence-corrected chi connectivity index (χ3v) is 5.15. The highest BCUT2D eigenvalue weighted by Crippen LogP contribution is 2.32. The summed E-state index contributed by atoms with van der Waals surface area (Å²) >= 11 is 0. The number of allylic oxidation sites excluding steroid dienone is 6. The van der Waals surface area contributed by atoms with Crippen LogP contribution in [0.5, 0.6) is 11.5 Å². The van der Waals surface area contributed by atoms with Crippen molar-refractivity contribution in [3.8, 4) is 11.5 Å². The van der Waals surface area contributed by atoms with Gasteiger partial charge in [-0.15, -0.1) is 0 Å². The van der Waals surface area contributed by atoms with Crippen LogP contribution in [0.25, 0.3) is 5.57 Å². The van der Waals surface area contributed by atoms with E-state index in [1.807, 2.05) is 48.7 Å². The minimum absolute atomic E-state index is 0.0865. The van der Waals surface area contributed by atoms with Crippen molar-refractivity contribution in [1.29, 1.82) is 0 Å². The molecule has 3 aliphatic heterocycles. The van der Waals surface area contributed by atoms with Crippen LogP contribution in [0, 0.1) is 0 Å². The number of hydrogen-bond acceptors (Lipinski definition) is 4. The van der Waals surface area contributed by atoms with E-state index in [0.717, 1.165) is 41.9 Å². The van der Waals surface area contributed by atoms with Gasteiger partial charge in [0, 0.05) is 24.5 Å². The summed E-state index contributed by atoms with van der Waals surface area (Å²) in [6.07, 6.45) is 16.7. The molecular formula is C24H24N2O3. The van der Waals surface area contributed by atoms with Crippen LogP contribution in [-0.2, 0) is 4.79 Å². The molecular weight excluding hydrogens is 364 g/mol. The Hall–Kier alpha value is -3.31. The first-order valence-corrected chi connectivity index (χ1v) is 9.65. The van der Waals surface area contributed by atoms with Crippen LogP contribution in [0.3, 0.4) is 0 Å². The van der Waals surface area contributed by atoms with E-state index in [2.05, 4.69) is 17.5 Å². The molecule has 1 aromatic rings. The second-order valence-electron chi connectivity index (χ2n) is 6.94. The molecule has 0 spiro atoms. The van der Waals surface area contributed by atoms with E-state index in [9.17, 15) is 4.79 Å². The number of methoxy groups -OCH3 is 2. The molecule has 29 heavy (non-hydrogen) atoms. The Labute approximate surface area is 171 Å². The lowest BCUT2D eigenvalue weighted by atomic mass is 9.98. The molecule has 0 saturated carbocycles. The number of benzene rings is 1. The van der Waals surface area contributed by atoms with Crippen LogP contribution in [-0.4, -0.2) is 38.1 Å². The van der Waals surface area contributed by atoms with Gasteiger partial charge < -0.3 is 14.8 Å². The minimum atomic E-state index is -0.0865. The van der Waals surface area contributed by atoms with Crippen LogP contribution < -0.4 is 14.8 Å². The summed E-state index contributed by atoms with van der Waals surface area (Å²) in [7, 11) is 3.21. The fourth-order valence-corrected chi connectivity index (χ4v) is 3.59. The number of rotatable bonds is 4. The molecule has 1 N–H and O–H groups in total. The molecule has 1 aromatic carbocycles. The fraction of sp³-hybridized carbons (Fsp3) is 0.208. The summed E-state index contributed by atoms with van der Waals surface area (Å²) in [5, 5.41) is 3.38. The maximum Gasteiger partial charge on any atom is 0.255 e. The largest absolute Gasteiger partial charge is 0.493 e. The van der Waals surface area contributed by atoms with Gasteiger partial charge in [0.2, 0.25) is 0 Å². The lowest BCUT2D eigenvalue weighted by Crippen LogP contribution is -2.28. The Kier molecular flexibility index (Phi) is 5.49. The molecule has 0 unspecified atom stereocenters. The van der Waals surface area contributed by atoms with Gasteiger partial charge in [-0.25, -0.2) is 0 Å². The molecule has 0 saturated heterocycles. The first-order chi connectivity index (χ1) is 14.2. The molecule has 0 atom stereocenters. The standard InChI is InChI=1S/C24H24N2O3/c1-28-22-11-9-18(13-23(22)29-2)17-5-3-7-21-10-8-20(16-26(21)24(27)14-17)19-6-4-12-25-15-19/h3,5-11,13-14,16,25H,4,12,15H2,1-2H3/b5-3?,17-14?,21-7+. The van der Waals surface area contributed by atoms with Gasteiger partial charge in [-0.2, -0.15) is 0 Å². The lowest BCUT2D eigenvalue weighted by molar-refractivity contribution is -0.122. The van der Waals surface area contributed by atoms with E-state index in [4.69, 9.17) is 9.47 Å². The second kappa shape index (κ2) is 8.37. The normalized spacial score (nSPS) is 20.5. The van der Waals surface area contributed by atoms with Crippen molar-refractivity contribution in [3.05, 3.63) is 89.3 Å². The Morgan fingerprint density at radius 3 is 2.66 bits per heavy atom. The van der Waals surface area contributed by atoms with Gasteiger partial charge in [0.15, 0.2) is 11.5 Å². The predicted octanol–water partition coefficient (Wildman–Crippen LogP) is 3.74. The highest BCUT2D eigenvalue weighted by Gasteiger charge is 2.20. The molecule has 5 heteroatoms. The Bertz CT molecular complexity index is 1010. The zero-order valence-electron chi connectivity index (χ0n) is 16.6. The van der Waals surface area contributed by atoms with Crippen LogP contribution in [0.2, 0.25) is 0 Å². The SMILES string of the molecule is COc1ccc(C2=CC(=O)N3C=C(C4=CCCNC4)C=C/C3=C\C=C2)cc1OC. The molecule has 5 nitrogen and oxygen atoms in total. The van der Waals surface area contributed by atoms with Crippen LogP contribution in [0.15, 0.2) is 83.8 Å². The molecule has 3 heterocycles. The maximum atomic E-state index is 13.1. The zero-order chi connectivity index (χ0) is 20.2. The highest BCUT2D eigenvalue weighted by molar-refractivity contribution is 6.00. The molecule has 0 aromatic heterocycles. The summed E-state index contributed by atoms with van der Waals surface area (Å²) in [6.45, 7) is 1.82. The smallest absolute Gasteiger partial charge is 0.255 e. The lowest BCUT2D eigenvalue weighted by Gasteiger charge is -2.26. The number of nitrogens with zero attached hydrogens (tertiary/aromatic N) is 1. The van der Waals surface area contributed by atoms with Gasteiger partial charge in [-0.1, -0.05) is 30.4 Å². The van der Waals surface area contributed by atoms with Crippen molar-refractivity contribution in [2.45, 2.75) is 6.42 Å². The van der Waals surface area contributed by atoms with E-state index in [-0.39, 0.29) is 5.91 Å². The topological polar surface area (TPSA) is 50.8 Å². The third kappa shape index (κ3) is 3.96. The summed E-state index contributed by atoms with van der Waals surface area (Å²) in [5.41, 5.74) is 4.84. The van der Waals surface area contributed by atoms with Crippen LogP contribution in [0.4, 0.5) is 0 Å². The van der Waals surface area contributed by atoms with E-state index >= 15 is 0 Å². The summed E-state index contributed by atoms with van der Waals surface area (Å²) < 4.78 is 10.7. The van der Waals surface area contributed by atoms with Crippen molar-refractivity contribution in [2.75, 3.05) is 27.3 Å². The Balaban J connectivity index is 1.68. The second-order valence-corrected chi connectivity index (χ2v) is 6.94. The average Bonchev–Trinajstić information content (AvgIpc) is 2.77. The number of carbonyl (C=O) groups is 1. The van der Waals surface area contributed by atoms with E-state index in [1.165, 1.54) is 5.57 Å². The fourth-order valence-electron chi connectivity index (χ4n) is 3.59. The number of carbonyl (C=O) groups excluding carboxylic acids is 1. The monoisotopic (exact) mass is 388 g/mol. The molecule has 0 bridgehead atoms. The third-order valence-electron chi connectivity index (χ3n) is 5.15. The molecule has 1 amide bonds. The first-order valence-electron chi connectivity index (χ1n) is 9.65. The van der Waals surface area contributed by atoms with E-state index in [0.29, 0.717) is 11.5 Å². The van der Waals surface area contributed by atoms with E-state index in [1.54, 1.807) is 25.2 Å². The average molecular weight is 388 g/mol. The molecule has 148 valence electrons. The van der Waals surface area contributed by atoms with Gasteiger partial charge >= 0.3 is 0 Å². The number of ether oxygens (including phenoxy) is 2. The number of nitrogens with one attached hydrogen (secondary N) is 1. The zero-order valence-corrected chi connectivity index (χ0v) is 16.6. The van der Waals surface area contributed by atoms with Gasteiger partial charge in [0.1, 0.15) is 0 Å². The van der Waals surface area contributed by atoms with Crippen molar-refractivity contribution < 1.29 is 14.3 Å². The summed E-state index contributed by atoms with van der Waals surface area (Å²) in [5.74, 6) is 1.20. The number of amides is 1. The van der Waals surface area contributed by atoms with Crippen molar-refractivity contribution >= 4 is 11.5 Å². The Morgan fingerprint density at radius 2 is 1.90 bits per heavy atom. The van der Waals surface area contributed by atoms with Gasteiger partial charge in [0.25, 0.3) is 5.91 Å². The van der Waals surface area contributed by atoms with E-state index < -0.39 is 0 Å². The maximum absolute atomic E-state index is 13.1. The number of hydrogen-bond donors (Lipinski definition) is 1. The molecule has 3 aliphatic rings. The molecule has 0 fully saturated rings. The number of fused-ring (bicyclic) bond motifs is 1. The van der Waals surface area contributed by atoms with Gasteiger partial charge in [-0.05, 0) is 59.5 Å². The predicted molar refractivity (Wildman–Crippen MR) is 114 cm³/mol. The first kappa shape index (κ1) is 19.0. The highest BCUT2D eigenvalue weighted by atomic mass is 16.5. The molecule has 0 radical (unpaired) electrons. The Morgan fingerprint density at radius 1 is 1.03 bits per heavy atom. The quantitative estimate of drug-likeness (QED) is 0.854.